The number of aromatic nitrogens is 1. The largest absolute Gasteiger partial charge is 0.360 e. The fourth-order valence-electron chi connectivity index (χ4n) is 2.63. The topological polar surface area (TPSA) is 94.2 Å². The number of hydroxylamine groups is 1. The highest BCUT2D eigenvalue weighted by Crippen LogP contribution is 2.20. The number of carbonyl (C=O) groups is 2. The maximum absolute atomic E-state index is 12.5. The molecular formula is C18H17N3O3. The van der Waals surface area contributed by atoms with Crippen molar-refractivity contribution in [3.05, 3.63) is 71.4 Å². The molecule has 122 valence electrons. The van der Waals surface area contributed by atoms with Gasteiger partial charge in [0.1, 0.15) is 0 Å². The molecule has 24 heavy (non-hydrogen) atoms. The van der Waals surface area contributed by atoms with Crippen molar-refractivity contribution in [2.45, 2.75) is 13.0 Å². The van der Waals surface area contributed by atoms with Crippen LogP contribution in [0.25, 0.3) is 10.9 Å². The summed E-state index contributed by atoms with van der Waals surface area (Å²) >= 11 is 0. The van der Waals surface area contributed by atoms with E-state index in [0.717, 1.165) is 16.5 Å². The van der Waals surface area contributed by atoms with Gasteiger partial charge >= 0.3 is 0 Å². The highest BCUT2D eigenvalue weighted by atomic mass is 16.5. The minimum Gasteiger partial charge on any atom is -0.360 e. The van der Waals surface area contributed by atoms with Crippen LogP contribution >= 0.6 is 0 Å². The van der Waals surface area contributed by atoms with Crippen LogP contribution in [0.3, 0.4) is 0 Å². The van der Waals surface area contributed by atoms with E-state index in [0.29, 0.717) is 11.1 Å². The molecule has 0 radical (unpaired) electrons. The third-order valence-corrected chi connectivity index (χ3v) is 3.93. The van der Waals surface area contributed by atoms with Crippen LogP contribution in [-0.4, -0.2) is 22.0 Å². The van der Waals surface area contributed by atoms with E-state index in [-0.39, 0.29) is 11.9 Å². The zero-order chi connectivity index (χ0) is 17.1. The lowest BCUT2D eigenvalue weighted by atomic mass is 10.0. The van der Waals surface area contributed by atoms with Crippen LogP contribution in [0, 0.1) is 0 Å². The molecule has 0 spiro atoms. The number of aromatic amines is 1. The van der Waals surface area contributed by atoms with Crippen molar-refractivity contribution in [3.63, 3.8) is 0 Å². The smallest absolute Gasteiger partial charge is 0.274 e. The Hall–Kier alpha value is -3.12. The van der Waals surface area contributed by atoms with Gasteiger partial charge in [0.05, 0.1) is 11.6 Å². The van der Waals surface area contributed by atoms with E-state index in [2.05, 4.69) is 10.3 Å². The molecule has 0 bridgehead atoms. The van der Waals surface area contributed by atoms with Crippen molar-refractivity contribution in [2.75, 3.05) is 0 Å². The van der Waals surface area contributed by atoms with Gasteiger partial charge in [-0.1, -0.05) is 30.3 Å². The summed E-state index contributed by atoms with van der Waals surface area (Å²) in [5.74, 6) is -0.788. The molecule has 0 aliphatic heterocycles. The molecule has 0 aliphatic carbocycles. The first-order valence-corrected chi connectivity index (χ1v) is 7.51. The number of rotatable bonds is 4. The van der Waals surface area contributed by atoms with E-state index >= 15 is 0 Å². The number of H-pyrrole nitrogens is 1. The summed E-state index contributed by atoms with van der Waals surface area (Å²) < 4.78 is 0. The standard InChI is InChI=1S/C18H17N3O3/c1-11(12-5-4-6-13(9-12)17(22)21-24)20-18(23)15-10-19-16-8-3-2-7-14(15)16/h2-11,19,24H,1H3,(H,20,23)(H,21,22). The van der Waals surface area contributed by atoms with Crippen LogP contribution in [0.15, 0.2) is 54.7 Å². The van der Waals surface area contributed by atoms with E-state index in [1.807, 2.05) is 37.3 Å². The summed E-state index contributed by atoms with van der Waals surface area (Å²) in [6.07, 6.45) is 1.68. The Balaban J connectivity index is 1.80. The average molecular weight is 323 g/mol. The second kappa shape index (κ2) is 6.55. The summed E-state index contributed by atoms with van der Waals surface area (Å²) in [6.45, 7) is 1.84. The number of fused-ring (bicyclic) bond motifs is 1. The van der Waals surface area contributed by atoms with Crippen molar-refractivity contribution >= 4 is 22.7 Å². The fourth-order valence-corrected chi connectivity index (χ4v) is 2.63. The third-order valence-electron chi connectivity index (χ3n) is 3.93. The molecule has 6 heteroatoms. The van der Waals surface area contributed by atoms with Crippen molar-refractivity contribution < 1.29 is 14.8 Å². The molecule has 0 saturated carbocycles. The summed E-state index contributed by atoms with van der Waals surface area (Å²) in [5, 5.41) is 12.5. The highest BCUT2D eigenvalue weighted by molar-refractivity contribution is 6.06. The van der Waals surface area contributed by atoms with Crippen molar-refractivity contribution in [1.29, 1.82) is 0 Å². The second-order valence-corrected chi connectivity index (χ2v) is 5.51. The molecule has 2 aromatic carbocycles. The van der Waals surface area contributed by atoms with E-state index < -0.39 is 5.91 Å². The monoisotopic (exact) mass is 323 g/mol. The molecular weight excluding hydrogens is 306 g/mol. The lowest BCUT2D eigenvalue weighted by molar-refractivity contribution is 0.0706. The Morgan fingerprint density at radius 1 is 1.08 bits per heavy atom. The SMILES string of the molecule is CC(NC(=O)c1c[nH]c2ccccc12)c1cccc(C(=O)NO)c1. The van der Waals surface area contributed by atoms with Gasteiger partial charge in [0, 0.05) is 22.7 Å². The lowest BCUT2D eigenvalue weighted by Gasteiger charge is -2.15. The number of para-hydroxylation sites is 1. The van der Waals surface area contributed by atoms with Crippen molar-refractivity contribution in [2.24, 2.45) is 0 Å². The molecule has 1 aromatic heterocycles. The number of nitrogens with one attached hydrogen (secondary N) is 3. The molecule has 0 fully saturated rings. The molecule has 0 saturated heterocycles. The Morgan fingerprint density at radius 2 is 1.88 bits per heavy atom. The predicted molar refractivity (Wildman–Crippen MR) is 89.9 cm³/mol. The summed E-state index contributed by atoms with van der Waals surface area (Å²) in [7, 11) is 0. The van der Waals surface area contributed by atoms with Crippen LogP contribution in [0.2, 0.25) is 0 Å². The van der Waals surface area contributed by atoms with Crippen molar-refractivity contribution in [1.82, 2.24) is 15.8 Å². The first kappa shape index (κ1) is 15.8. The van der Waals surface area contributed by atoms with E-state index in [9.17, 15) is 9.59 Å². The Bertz CT molecular complexity index is 901. The Labute approximate surface area is 138 Å². The normalized spacial score (nSPS) is 11.9. The lowest BCUT2D eigenvalue weighted by Crippen LogP contribution is -2.27. The second-order valence-electron chi connectivity index (χ2n) is 5.51. The number of hydrogen-bond acceptors (Lipinski definition) is 3. The molecule has 2 amide bonds. The van der Waals surface area contributed by atoms with E-state index in [4.69, 9.17) is 5.21 Å². The van der Waals surface area contributed by atoms with Gasteiger partial charge in [-0.15, -0.1) is 0 Å². The van der Waals surface area contributed by atoms with E-state index in [1.165, 1.54) is 0 Å². The van der Waals surface area contributed by atoms with Crippen LogP contribution in [0.5, 0.6) is 0 Å². The first-order valence-electron chi connectivity index (χ1n) is 7.51. The Morgan fingerprint density at radius 3 is 2.67 bits per heavy atom. The number of benzene rings is 2. The molecule has 1 atom stereocenters. The molecule has 4 N–H and O–H groups in total. The van der Waals surface area contributed by atoms with Gasteiger partial charge in [-0.05, 0) is 30.7 Å². The minimum absolute atomic E-state index is 0.197. The molecule has 6 nitrogen and oxygen atoms in total. The maximum Gasteiger partial charge on any atom is 0.274 e. The third kappa shape index (κ3) is 3.00. The first-order chi connectivity index (χ1) is 11.6. The molecule has 1 unspecified atom stereocenters. The molecule has 1 heterocycles. The van der Waals surface area contributed by atoms with Crippen LogP contribution < -0.4 is 10.8 Å². The molecule has 0 aliphatic rings. The molecule has 3 rings (SSSR count). The number of hydrogen-bond donors (Lipinski definition) is 4. The maximum atomic E-state index is 12.5. The highest BCUT2D eigenvalue weighted by Gasteiger charge is 2.16. The van der Waals surface area contributed by atoms with Crippen LogP contribution in [-0.2, 0) is 0 Å². The molecule has 3 aromatic rings. The van der Waals surface area contributed by atoms with Crippen LogP contribution in [0.1, 0.15) is 39.2 Å². The summed E-state index contributed by atoms with van der Waals surface area (Å²) in [5.41, 5.74) is 4.16. The number of amides is 2. The van der Waals surface area contributed by atoms with E-state index in [1.54, 1.807) is 29.9 Å². The number of carbonyl (C=O) groups excluding carboxylic acids is 2. The minimum atomic E-state index is -0.591. The van der Waals surface area contributed by atoms with Crippen LogP contribution in [0.4, 0.5) is 0 Å². The fraction of sp³-hybridized carbons (Fsp3) is 0.111. The quantitative estimate of drug-likeness (QED) is 0.439. The van der Waals surface area contributed by atoms with Gasteiger partial charge in [-0.2, -0.15) is 0 Å². The van der Waals surface area contributed by atoms with Crippen molar-refractivity contribution in [3.8, 4) is 0 Å². The summed E-state index contributed by atoms with van der Waals surface area (Å²) in [4.78, 5) is 27.1. The summed E-state index contributed by atoms with van der Waals surface area (Å²) in [6, 6.07) is 14.0. The average Bonchev–Trinajstić information content (AvgIpc) is 3.05. The zero-order valence-electron chi connectivity index (χ0n) is 13.0. The van der Waals surface area contributed by atoms with Gasteiger partial charge in [-0.3, -0.25) is 14.8 Å². The zero-order valence-corrected chi connectivity index (χ0v) is 13.0. The van der Waals surface area contributed by atoms with Gasteiger partial charge in [-0.25, -0.2) is 5.48 Å². The predicted octanol–water partition coefficient (Wildman–Crippen LogP) is 2.78. The van der Waals surface area contributed by atoms with Gasteiger partial charge in [0.2, 0.25) is 0 Å². The van der Waals surface area contributed by atoms with Gasteiger partial charge < -0.3 is 10.3 Å². The van der Waals surface area contributed by atoms with Gasteiger partial charge in [0.25, 0.3) is 11.8 Å². The van der Waals surface area contributed by atoms with Gasteiger partial charge in [0.15, 0.2) is 0 Å². The Kier molecular flexibility index (Phi) is 4.31.